The van der Waals surface area contributed by atoms with Crippen molar-refractivity contribution in [1.29, 1.82) is 0 Å². The maximum Gasteiger partial charge on any atom is 0.331 e. The van der Waals surface area contributed by atoms with Crippen LogP contribution in [0.15, 0.2) is 30.3 Å². The molecule has 4 nitrogen and oxygen atoms in total. The Morgan fingerprint density at radius 3 is 2.67 bits per heavy atom. The first-order valence-electron chi connectivity index (χ1n) is 7.28. The molecule has 21 heavy (non-hydrogen) atoms. The molecule has 0 amide bonds. The van der Waals surface area contributed by atoms with Gasteiger partial charge in [0.15, 0.2) is 5.54 Å². The summed E-state index contributed by atoms with van der Waals surface area (Å²) < 4.78 is 5.06. The minimum Gasteiger partial charge on any atom is -0.467 e. The van der Waals surface area contributed by atoms with Crippen LogP contribution in [0, 0.1) is 0 Å². The molecule has 0 aliphatic heterocycles. The van der Waals surface area contributed by atoms with Gasteiger partial charge in [0, 0.05) is 12.4 Å². The van der Waals surface area contributed by atoms with E-state index in [0.29, 0.717) is 5.75 Å². The predicted molar refractivity (Wildman–Crippen MR) is 87.5 cm³/mol. The van der Waals surface area contributed by atoms with Crippen molar-refractivity contribution in [1.82, 2.24) is 5.32 Å². The third-order valence-corrected chi connectivity index (χ3v) is 4.46. The summed E-state index contributed by atoms with van der Waals surface area (Å²) in [4.78, 5) is 12.5. The molecule has 0 saturated carbocycles. The lowest BCUT2D eigenvalue weighted by atomic mass is 9.91. The van der Waals surface area contributed by atoms with Crippen LogP contribution in [0.3, 0.4) is 0 Å². The lowest BCUT2D eigenvalue weighted by molar-refractivity contribution is -0.148. The fourth-order valence-electron chi connectivity index (χ4n) is 2.11. The number of methoxy groups -OCH3 is 1. The Hall–Kier alpha value is -1.04. The number of benzene rings is 1. The Kier molecular flexibility index (Phi) is 8.42. The first-order chi connectivity index (χ1) is 10.2. The first-order valence-corrected chi connectivity index (χ1v) is 8.44. The quantitative estimate of drug-likeness (QED) is 0.512. The van der Waals surface area contributed by atoms with Crippen molar-refractivity contribution >= 4 is 17.7 Å². The van der Waals surface area contributed by atoms with Crippen LogP contribution >= 0.6 is 11.8 Å². The minimum atomic E-state index is -0.827. The smallest absolute Gasteiger partial charge is 0.331 e. The molecule has 5 heteroatoms. The molecule has 0 bridgehead atoms. The third kappa shape index (κ3) is 5.02. The zero-order valence-electron chi connectivity index (χ0n) is 12.8. The Bertz CT molecular complexity index is 413. The molecule has 1 aromatic rings. The molecular weight excluding hydrogens is 286 g/mol. The Balaban J connectivity index is 3.00. The summed E-state index contributed by atoms with van der Waals surface area (Å²) in [5.74, 6) is 1.14. The summed E-state index contributed by atoms with van der Waals surface area (Å²) in [5.41, 5.74) is 0.0911. The number of ether oxygens (including phenoxy) is 1. The van der Waals surface area contributed by atoms with Crippen molar-refractivity contribution in [2.24, 2.45) is 0 Å². The number of carbonyl (C=O) groups excluding carboxylic acids is 1. The topological polar surface area (TPSA) is 58.6 Å². The lowest BCUT2D eigenvalue weighted by Gasteiger charge is -2.32. The van der Waals surface area contributed by atoms with E-state index >= 15 is 0 Å². The van der Waals surface area contributed by atoms with Gasteiger partial charge in [0.05, 0.1) is 7.11 Å². The van der Waals surface area contributed by atoms with E-state index in [4.69, 9.17) is 9.84 Å². The second kappa shape index (κ2) is 9.82. The minimum absolute atomic E-state index is 0.173. The molecule has 0 saturated heterocycles. The molecule has 0 aromatic heterocycles. The van der Waals surface area contributed by atoms with Gasteiger partial charge in [0.2, 0.25) is 0 Å². The lowest BCUT2D eigenvalue weighted by Crippen LogP contribution is -2.52. The molecule has 1 unspecified atom stereocenters. The monoisotopic (exact) mass is 311 g/mol. The number of esters is 1. The fraction of sp³-hybridized carbons (Fsp3) is 0.562. The van der Waals surface area contributed by atoms with Crippen molar-refractivity contribution in [3.8, 4) is 0 Å². The molecule has 1 rings (SSSR count). The average molecular weight is 311 g/mol. The van der Waals surface area contributed by atoms with Crippen LogP contribution in [0.5, 0.6) is 0 Å². The number of hydrogen-bond donors (Lipinski definition) is 2. The Morgan fingerprint density at radius 2 is 2.10 bits per heavy atom. The van der Waals surface area contributed by atoms with Crippen LogP contribution in [0.4, 0.5) is 0 Å². The molecular formula is C16H25NO3S. The van der Waals surface area contributed by atoms with E-state index in [2.05, 4.69) is 12.2 Å². The summed E-state index contributed by atoms with van der Waals surface area (Å²) in [6.07, 6.45) is 1.66. The number of aliphatic hydroxyl groups excluding tert-OH is 1. The molecule has 0 radical (unpaired) electrons. The van der Waals surface area contributed by atoms with Crippen molar-refractivity contribution in [3.63, 3.8) is 0 Å². The van der Waals surface area contributed by atoms with E-state index in [-0.39, 0.29) is 12.6 Å². The fourth-order valence-corrected chi connectivity index (χ4v) is 3.28. The van der Waals surface area contributed by atoms with E-state index in [1.807, 2.05) is 30.3 Å². The van der Waals surface area contributed by atoms with Gasteiger partial charge < -0.3 is 9.84 Å². The summed E-state index contributed by atoms with van der Waals surface area (Å²) in [7, 11) is 1.42. The molecule has 2 N–H and O–H groups in total. The molecule has 0 aliphatic carbocycles. The highest BCUT2D eigenvalue weighted by Crippen LogP contribution is 2.28. The number of thioether (sulfide) groups is 1. The van der Waals surface area contributed by atoms with Crippen LogP contribution in [-0.4, -0.2) is 42.8 Å². The maximum absolute atomic E-state index is 12.5. The van der Waals surface area contributed by atoms with E-state index < -0.39 is 5.54 Å². The third-order valence-electron chi connectivity index (χ3n) is 3.24. The molecule has 0 heterocycles. The van der Waals surface area contributed by atoms with Gasteiger partial charge in [-0.2, -0.15) is 11.8 Å². The second-order valence-electron chi connectivity index (χ2n) is 4.82. The van der Waals surface area contributed by atoms with E-state index in [9.17, 15) is 4.79 Å². The summed E-state index contributed by atoms with van der Waals surface area (Å²) in [6, 6.07) is 9.70. The SMILES string of the molecule is CCCNC(CSCCCO)(C(=O)OC)c1ccccc1. The van der Waals surface area contributed by atoms with Gasteiger partial charge in [0.1, 0.15) is 0 Å². The molecule has 118 valence electrons. The van der Waals surface area contributed by atoms with Crippen molar-refractivity contribution < 1.29 is 14.6 Å². The van der Waals surface area contributed by atoms with Crippen molar-refractivity contribution in [2.45, 2.75) is 25.3 Å². The molecule has 1 aromatic carbocycles. The molecule has 0 spiro atoms. The van der Waals surface area contributed by atoms with E-state index in [0.717, 1.165) is 30.7 Å². The van der Waals surface area contributed by atoms with Gasteiger partial charge in [-0.1, -0.05) is 37.3 Å². The highest BCUT2D eigenvalue weighted by molar-refractivity contribution is 7.99. The standard InChI is InChI=1S/C16H25NO3S/c1-3-10-17-16(15(19)20-2,13-21-12-7-11-18)14-8-5-4-6-9-14/h4-6,8-9,17-18H,3,7,10-13H2,1-2H3. The number of carbonyl (C=O) groups is 1. The molecule has 0 fully saturated rings. The molecule has 0 aliphatic rings. The second-order valence-corrected chi connectivity index (χ2v) is 5.92. The molecule has 1 atom stereocenters. The summed E-state index contributed by atoms with van der Waals surface area (Å²) in [6.45, 7) is 2.98. The number of hydrogen-bond acceptors (Lipinski definition) is 5. The van der Waals surface area contributed by atoms with Gasteiger partial charge in [-0.15, -0.1) is 0 Å². The first kappa shape index (κ1) is 18.0. The Labute approximate surface area is 131 Å². The van der Waals surface area contributed by atoms with E-state index in [1.165, 1.54) is 7.11 Å². The van der Waals surface area contributed by atoms with Crippen LogP contribution < -0.4 is 5.32 Å². The van der Waals surface area contributed by atoms with Gasteiger partial charge >= 0.3 is 5.97 Å². The van der Waals surface area contributed by atoms with Crippen molar-refractivity contribution in [3.05, 3.63) is 35.9 Å². The highest BCUT2D eigenvalue weighted by Gasteiger charge is 2.40. The van der Waals surface area contributed by atoms with Crippen LogP contribution in [0.25, 0.3) is 0 Å². The number of rotatable bonds is 10. The van der Waals surface area contributed by atoms with Gasteiger partial charge in [0.25, 0.3) is 0 Å². The van der Waals surface area contributed by atoms with Gasteiger partial charge in [-0.3, -0.25) is 5.32 Å². The van der Waals surface area contributed by atoms with Gasteiger partial charge in [-0.05, 0) is 30.7 Å². The maximum atomic E-state index is 12.5. The van der Waals surface area contributed by atoms with Crippen LogP contribution in [0.2, 0.25) is 0 Å². The normalized spacial score (nSPS) is 13.7. The zero-order chi connectivity index (χ0) is 15.6. The largest absolute Gasteiger partial charge is 0.467 e. The van der Waals surface area contributed by atoms with Gasteiger partial charge in [-0.25, -0.2) is 4.79 Å². The predicted octanol–water partition coefficient (Wildman–Crippen LogP) is 2.17. The summed E-state index contributed by atoms with van der Waals surface area (Å²) >= 11 is 1.65. The average Bonchev–Trinajstić information content (AvgIpc) is 2.54. The van der Waals surface area contributed by atoms with E-state index in [1.54, 1.807) is 11.8 Å². The van der Waals surface area contributed by atoms with Crippen LogP contribution in [0.1, 0.15) is 25.3 Å². The summed E-state index contributed by atoms with van der Waals surface area (Å²) in [5, 5.41) is 12.3. The van der Waals surface area contributed by atoms with Crippen molar-refractivity contribution in [2.75, 3.05) is 31.8 Å². The zero-order valence-corrected chi connectivity index (χ0v) is 13.6. The number of aliphatic hydroxyl groups is 1. The van der Waals surface area contributed by atoms with Crippen LogP contribution in [-0.2, 0) is 15.1 Å². The Morgan fingerprint density at radius 1 is 1.38 bits per heavy atom. The highest BCUT2D eigenvalue weighted by atomic mass is 32.2. The number of nitrogens with one attached hydrogen (secondary N) is 1.